The minimum absolute atomic E-state index is 0.0218. The minimum Gasteiger partial charge on any atom is -0.345 e. The molecular formula is C16H16N6O3. The molecule has 4 rings (SSSR count). The lowest BCUT2D eigenvalue weighted by Gasteiger charge is -2.42. The van der Waals surface area contributed by atoms with E-state index < -0.39 is 6.04 Å². The molecule has 25 heavy (non-hydrogen) atoms. The van der Waals surface area contributed by atoms with Crippen LogP contribution in [-0.2, 0) is 9.59 Å². The second-order valence-electron chi connectivity index (χ2n) is 5.94. The summed E-state index contributed by atoms with van der Waals surface area (Å²) in [5.41, 5.74) is 1.05. The summed E-state index contributed by atoms with van der Waals surface area (Å²) in [4.78, 5) is 40.0. The molecule has 2 aliphatic heterocycles. The van der Waals surface area contributed by atoms with Crippen LogP contribution in [-0.4, -0.2) is 74.7 Å². The lowest BCUT2D eigenvalue weighted by molar-refractivity contribution is -0.148. The van der Waals surface area contributed by atoms with Gasteiger partial charge in [-0.1, -0.05) is 23.4 Å². The van der Waals surface area contributed by atoms with Crippen molar-refractivity contribution in [2.75, 3.05) is 26.2 Å². The summed E-state index contributed by atoms with van der Waals surface area (Å²) < 4.78 is 1.47. The number of benzene rings is 1. The number of aromatic nitrogens is 3. The number of rotatable bonds is 2. The first-order chi connectivity index (χ1) is 12.1. The van der Waals surface area contributed by atoms with Gasteiger partial charge in [0, 0.05) is 13.1 Å². The third kappa shape index (κ3) is 2.63. The fourth-order valence-electron chi connectivity index (χ4n) is 3.18. The van der Waals surface area contributed by atoms with Crippen molar-refractivity contribution in [3.8, 4) is 5.69 Å². The van der Waals surface area contributed by atoms with E-state index in [-0.39, 0.29) is 30.8 Å². The van der Waals surface area contributed by atoms with Crippen LogP contribution in [0.4, 0.5) is 0 Å². The highest BCUT2D eigenvalue weighted by atomic mass is 16.2. The SMILES string of the molecule is O=C1NCC(=O)N2CCN(C(=O)c3cnnn3-c3ccccc3)CC12. The van der Waals surface area contributed by atoms with E-state index in [2.05, 4.69) is 15.6 Å². The standard InChI is InChI=1S/C16H16N6O3/c23-14-9-17-15(24)13-10-20(6-7-21(13)14)16(25)12-8-18-19-22(12)11-4-2-1-3-5-11/h1-5,8,13H,6-7,9-10H2,(H,17,24). The van der Waals surface area contributed by atoms with Crippen LogP contribution in [0, 0.1) is 0 Å². The maximum Gasteiger partial charge on any atom is 0.274 e. The zero-order chi connectivity index (χ0) is 17.4. The lowest BCUT2D eigenvalue weighted by Crippen LogP contribution is -2.66. The molecule has 0 bridgehead atoms. The van der Waals surface area contributed by atoms with E-state index in [0.717, 1.165) is 5.69 Å². The number of piperazine rings is 2. The molecule has 0 spiro atoms. The summed E-state index contributed by atoms with van der Waals surface area (Å²) in [6.07, 6.45) is 1.41. The summed E-state index contributed by atoms with van der Waals surface area (Å²) in [6, 6.07) is 8.59. The van der Waals surface area contributed by atoms with Crippen LogP contribution in [0.15, 0.2) is 36.5 Å². The van der Waals surface area contributed by atoms with Gasteiger partial charge in [0.15, 0.2) is 5.69 Å². The Kier molecular flexibility index (Phi) is 3.68. The Balaban J connectivity index is 1.58. The van der Waals surface area contributed by atoms with Gasteiger partial charge in [-0.15, -0.1) is 5.10 Å². The van der Waals surface area contributed by atoms with Crippen molar-refractivity contribution in [1.29, 1.82) is 0 Å². The second-order valence-corrected chi connectivity index (χ2v) is 5.94. The van der Waals surface area contributed by atoms with Gasteiger partial charge in [-0.05, 0) is 12.1 Å². The third-order valence-electron chi connectivity index (χ3n) is 4.47. The fourth-order valence-corrected chi connectivity index (χ4v) is 3.18. The van der Waals surface area contributed by atoms with Gasteiger partial charge in [0.25, 0.3) is 5.91 Å². The van der Waals surface area contributed by atoms with Crippen LogP contribution in [0.1, 0.15) is 10.5 Å². The van der Waals surface area contributed by atoms with Crippen molar-refractivity contribution < 1.29 is 14.4 Å². The summed E-state index contributed by atoms with van der Waals surface area (Å²) >= 11 is 0. The van der Waals surface area contributed by atoms with Gasteiger partial charge in [0.2, 0.25) is 11.8 Å². The topological polar surface area (TPSA) is 100 Å². The van der Waals surface area contributed by atoms with Crippen LogP contribution in [0.5, 0.6) is 0 Å². The van der Waals surface area contributed by atoms with Gasteiger partial charge in [-0.25, -0.2) is 4.68 Å². The van der Waals surface area contributed by atoms with Crippen LogP contribution >= 0.6 is 0 Å². The molecule has 3 heterocycles. The van der Waals surface area contributed by atoms with E-state index in [0.29, 0.717) is 18.8 Å². The van der Waals surface area contributed by atoms with E-state index in [1.54, 1.807) is 4.90 Å². The predicted octanol–water partition coefficient (Wildman–Crippen LogP) is -0.950. The van der Waals surface area contributed by atoms with E-state index in [4.69, 9.17) is 0 Å². The van der Waals surface area contributed by atoms with Crippen LogP contribution in [0.25, 0.3) is 5.69 Å². The lowest BCUT2D eigenvalue weighted by atomic mass is 10.1. The maximum absolute atomic E-state index is 12.9. The molecule has 1 aromatic heterocycles. The minimum atomic E-state index is -0.639. The Hall–Kier alpha value is -3.23. The molecule has 3 amide bonds. The second kappa shape index (κ2) is 6.00. The number of carbonyl (C=O) groups excluding carboxylic acids is 3. The molecule has 1 atom stereocenters. The van der Waals surface area contributed by atoms with Gasteiger partial charge in [-0.3, -0.25) is 14.4 Å². The smallest absolute Gasteiger partial charge is 0.274 e. The van der Waals surface area contributed by atoms with Crippen molar-refractivity contribution in [3.05, 3.63) is 42.2 Å². The number of amides is 3. The monoisotopic (exact) mass is 340 g/mol. The largest absolute Gasteiger partial charge is 0.345 e. The quantitative estimate of drug-likeness (QED) is 0.760. The van der Waals surface area contributed by atoms with Crippen molar-refractivity contribution in [1.82, 2.24) is 30.1 Å². The van der Waals surface area contributed by atoms with E-state index >= 15 is 0 Å². The average molecular weight is 340 g/mol. The molecule has 0 aliphatic carbocycles. The first kappa shape index (κ1) is 15.3. The fraction of sp³-hybridized carbons (Fsp3) is 0.312. The molecule has 9 heteroatoms. The van der Waals surface area contributed by atoms with Crippen molar-refractivity contribution in [3.63, 3.8) is 0 Å². The Morgan fingerprint density at radius 3 is 2.76 bits per heavy atom. The van der Waals surface area contributed by atoms with Crippen molar-refractivity contribution in [2.24, 2.45) is 0 Å². The number of carbonyl (C=O) groups is 3. The number of nitrogens with zero attached hydrogens (tertiary/aromatic N) is 5. The Morgan fingerprint density at radius 1 is 1.16 bits per heavy atom. The Labute approximate surface area is 143 Å². The first-order valence-corrected chi connectivity index (χ1v) is 7.98. The van der Waals surface area contributed by atoms with Gasteiger partial charge in [0.1, 0.15) is 6.04 Å². The Bertz CT molecular complexity index is 833. The summed E-state index contributed by atoms with van der Waals surface area (Å²) in [5.74, 6) is -0.612. The molecule has 1 N–H and O–H groups in total. The zero-order valence-electron chi connectivity index (χ0n) is 13.3. The highest BCUT2D eigenvalue weighted by molar-refractivity contribution is 5.97. The van der Waals surface area contributed by atoms with Crippen LogP contribution in [0.3, 0.4) is 0 Å². The molecule has 2 aromatic rings. The maximum atomic E-state index is 12.9. The number of fused-ring (bicyclic) bond motifs is 1. The molecule has 2 saturated heterocycles. The van der Waals surface area contributed by atoms with Crippen molar-refractivity contribution in [2.45, 2.75) is 6.04 Å². The van der Waals surface area contributed by atoms with Crippen LogP contribution < -0.4 is 5.32 Å². The molecule has 1 aromatic carbocycles. The number of hydrogen-bond acceptors (Lipinski definition) is 5. The molecular weight excluding hydrogens is 324 g/mol. The number of hydrogen-bond donors (Lipinski definition) is 1. The number of nitrogens with one attached hydrogen (secondary N) is 1. The highest BCUT2D eigenvalue weighted by Gasteiger charge is 2.40. The van der Waals surface area contributed by atoms with Gasteiger partial charge in [-0.2, -0.15) is 0 Å². The molecule has 2 fully saturated rings. The predicted molar refractivity (Wildman–Crippen MR) is 85.8 cm³/mol. The Morgan fingerprint density at radius 2 is 1.96 bits per heavy atom. The van der Waals surface area contributed by atoms with Gasteiger partial charge in [0.05, 0.1) is 25.0 Å². The van der Waals surface area contributed by atoms with Crippen molar-refractivity contribution >= 4 is 17.7 Å². The summed E-state index contributed by atoms with van der Waals surface area (Å²) in [5, 5.41) is 10.4. The first-order valence-electron chi connectivity index (χ1n) is 7.98. The molecule has 0 saturated carbocycles. The van der Waals surface area contributed by atoms with Crippen LogP contribution in [0.2, 0.25) is 0 Å². The van der Waals surface area contributed by atoms with E-state index in [9.17, 15) is 14.4 Å². The van der Waals surface area contributed by atoms with Gasteiger partial charge < -0.3 is 15.1 Å². The normalized spacial score (nSPS) is 20.2. The third-order valence-corrected chi connectivity index (χ3v) is 4.47. The molecule has 1 unspecified atom stereocenters. The zero-order valence-corrected chi connectivity index (χ0v) is 13.3. The molecule has 128 valence electrons. The van der Waals surface area contributed by atoms with Gasteiger partial charge >= 0.3 is 0 Å². The summed E-state index contributed by atoms with van der Waals surface area (Å²) in [6.45, 7) is 0.897. The highest BCUT2D eigenvalue weighted by Crippen LogP contribution is 2.17. The average Bonchev–Trinajstić information content (AvgIpc) is 3.14. The molecule has 2 aliphatic rings. The summed E-state index contributed by atoms with van der Waals surface area (Å²) in [7, 11) is 0. The molecule has 0 radical (unpaired) electrons. The molecule has 9 nitrogen and oxygen atoms in total. The number of para-hydroxylation sites is 1. The van der Waals surface area contributed by atoms with E-state index in [1.807, 2.05) is 30.3 Å². The van der Waals surface area contributed by atoms with E-state index in [1.165, 1.54) is 15.8 Å².